The molecule has 0 bridgehead atoms. The molecule has 1 unspecified atom stereocenters. The number of phenolic OH excluding ortho intramolecular Hbond substituents is 1. The van der Waals surface area contributed by atoms with Gasteiger partial charge in [-0.1, -0.05) is 6.08 Å². The predicted molar refractivity (Wildman–Crippen MR) is 75.9 cm³/mol. The second-order valence-electron chi connectivity index (χ2n) is 4.90. The van der Waals surface area contributed by atoms with Crippen LogP contribution in [0.15, 0.2) is 47.7 Å². The van der Waals surface area contributed by atoms with Gasteiger partial charge in [-0.3, -0.25) is 20.6 Å². The van der Waals surface area contributed by atoms with Gasteiger partial charge in [0.05, 0.1) is 6.42 Å². The number of hydrogen-bond donors (Lipinski definition) is 3. The van der Waals surface area contributed by atoms with Crippen LogP contribution in [0.1, 0.15) is 23.7 Å². The Hall–Kier alpha value is -2.67. The maximum Gasteiger partial charge on any atom is 0.297 e. The van der Waals surface area contributed by atoms with Crippen LogP contribution in [-0.2, 0) is 0 Å². The summed E-state index contributed by atoms with van der Waals surface area (Å²) < 4.78 is 0. The fourth-order valence-corrected chi connectivity index (χ4v) is 1.92. The molecule has 1 atom stereocenters. The van der Waals surface area contributed by atoms with Gasteiger partial charge in [0.1, 0.15) is 5.75 Å². The predicted octanol–water partition coefficient (Wildman–Crippen LogP) is 1.29. The molecule has 0 aromatic heterocycles. The van der Waals surface area contributed by atoms with Gasteiger partial charge in [0.15, 0.2) is 0 Å². The van der Waals surface area contributed by atoms with E-state index in [1.54, 1.807) is 13.0 Å². The highest BCUT2D eigenvalue weighted by molar-refractivity contribution is 5.95. The van der Waals surface area contributed by atoms with Gasteiger partial charge < -0.3 is 10.4 Å². The monoisotopic (exact) mass is 289 g/mol. The van der Waals surface area contributed by atoms with Gasteiger partial charge in [0.2, 0.25) is 0 Å². The van der Waals surface area contributed by atoms with E-state index >= 15 is 0 Å². The molecule has 0 radical (unpaired) electrons. The Morgan fingerprint density at radius 2 is 2.05 bits per heavy atom. The SMILES string of the molecule is CC1=CCC(N)([N+](=O)[O-])C=C1NC(=O)c1ccc(O)cc1. The van der Waals surface area contributed by atoms with Crippen molar-refractivity contribution in [2.75, 3.05) is 0 Å². The second-order valence-corrected chi connectivity index (χ2v) is 4.90. The first kappa shape index (κ1) is 14.7. The standard InChI is InChI=1S/C14H15N3O4/c1-9-6-7-14(15,17(20)21)8-12(9)16-13(19)10-2-4-11(18)5-3-10/h2-6,8,18H,7,15H2,1H3,(H,16,19). The van der Waals surface area contributed by atoms with E-state index in [9.17, 15) is 20.0 Å². The van der Waals surface area contributed by atoms with Crippen molar-refractivity contribution in [2.24, 2.45) is 5.73 Å². The van der Waals surface area contributed by atoms with E-state index in [-0.39, 0.29) is 12.2 Å². The van der Waals surface area contributed by atoms with Crippen LogP contribution in [-0.4, -0.2) is 21.6 Å². The molecule has 0 heterocycles. The van der Waals surface area contributed by atoms with Gasteiger partial charge in [0.25, 0.3) is 11.6 Å². The van der Waals surface area contributed by atoms with E-state index < -0.39 is 16.5 Å². The van der Waals surface area contributed by atoms with Crippen LogP contribution >= 0.6 is 0 Å². The van der Waals surface area contributed by atoms with E-state index in [0.29, 0.717) is 16.8 Å². The summed E-state index contributed by atoms with van der Waals surface area (Å²) >= 11 is 0. The number of nitrogens with one attached hydrogen (secondary N) is 1. The van der Waals surface area contributed by atoms with Crippen molar-refractivity contribution < 1.29 is 14.8 Å². The number of rotatable bonds is 3. The van der Waals surface area contributed by atoms with Crippen LogP contribution in [0.25, 0.3) is 0 Å². The van der Waals surface area contributed by atoms with E-state index in [1.807, 2.05) is 0 Å². The van der Waals surface area contributed by atoms with Crippen LogP contribution in [0, 0.1) is 10.1 Å². The lowest BCUT2D eigenvalue weighted by Gasteiger charge is -2.22. The molecule has 1 aromatic rings. The minimum absolute atomic E-state index is 0.0498. The number of nitro groups is 1. The van der Waals surface area contributed by atoms with Crippen LogP contribution in [0.3, 0.4) is 0 Å². The molecule has 0 saturated heterocycles. The zero-order chi connectivity index (χ0) is 15.6. The number of carbonyl (C=O) groups is 1. The summed E-state index contributed by atoms with van der Waals surface area (Å²) in [6.07, 6.45) is 2.94. The van der Waals surface area contributed by atoms with Gasteiger partial charge in [-0.2, -0.15) is 0 Å². The van der Waals surface area contributed by atoms with Gasteiger partial charge in [-0.25, -0.2) is 0 Å². The van der Waals surface area contributed by atoms with Crippen LogP contribution in [0.4, 0.5) is 0 Å². The van der Waals surface area contributed by atoms with E-state index in [0.717, 1.165) is 0 Å². The van der Waals surface area contributed by atoms with E-state index in [2.05, 4.69) is 5.32 Å². The lowest BCUT2D eigenvalue weighted by atomic mass is 9.96. The number of nitrogens with two attached hydrogens (primary N) is 1. The maximum absolute atomic E-state index is 12.1. The Bertz CT molecular complexity index is 649. The van der Waals surface area contributed by atoms with Crippen molar-refractivity contribution in [3.8, 4) is 5.75 Å². The molecule has 110 valence electrons. The summed E-state index contributed by atoms with van der Waals surface area (Å²) in [5.74, 6) is -0.379. The Morgan fingerprint density at radius 1 is 1.43 bits per heavy atom. The molecule has 7 heteroatoms. The van der Waals surface area contributed by atoms with Crippen molar-refractivity contribution in [1.82, 2.24) is 5.32 Å². The molecule has 0 spiro atoms. The Balaban J connectivity index is 2.22. The average Bonchev–Trinajstić information content (AvgIpc) is 2.43. The molecule has 7 nitrogen and oxygen atoms in total. The zero-order valence-electron chi connectivity index (χ0n) is 11.4. The third-order valence-corrected chi connectivity index (χ3v) is 3.27. The number of hydrogen-bond acceptors (Lipinski definition) is 5. The number of phenols is 1. The highest BCUT2D eigenvalue weighted by Crippen LogP contribution is 2.23. The molecular weight excluding hydrogens is 274 g/mol. The fraction of sp³-hybridized carbons (Fsp3) is 0.214. The highest BCUT2D eigenvalue weighted by Gasteiger charge is 2.37. The lowest BCUT2D eigenvalue weighted by Crippen LogP contribution is -2.48. The molecule has 1 amide bonds. The Kier molecular flexibility index (Phi) is 3.77. The first-order valence-corrected chi connectivity index (χ1v) is 6.25. The third-order valence-electron chi connectivity index (χ3n) is 3.27. The van der Waals surface area contributed by atoms with Crippen molar-refractivity contribution in [3.05, 3.63) is 63.4 Å². The molecule has 4 N–H and O–H groups in total. The molecule has 1 aliphatic rings. The molecule has 0 fully saturated rings. The van der Waals surface area contributed by atoms with Crippen LogP contribution in [0.2, 0.25) is 0 Å². The molecule has 0 aliphatic heterocycles. The number of benzene rings is 1. The third kappa shape index (κ3) is 3.09. The van der Waals surface area contributed by atoms with Crippen LogP contribution < -0.4 is 11.1 Å². The molecule has 0 saturated carbocycles. The summed E-state index contributed by atoms with van der Waals surface area (Å²) in [5.41, 5.74) is 5.33. The lowest BCUT2D eigenvalue weighted by molar-refractivity contribution is -0.553. The van der Waals surface area contributed by atoms with Gasteiger partial charge in [-0.15, -0.1) is 0 Å². The Morgan fingerprint density at radius 3 is 2.62 bits per heavy atom. The normalized spacial score (nSPS) is 21.2. The number of amides is 1. The van der Waals surface area contributed by atoms with E-state index in [1.165, 1.54) is 30.3 Å². The van der Waals surface area contributed by atoms with Crippen molar-refractivity contribution in [2.45, 2.75) is 19.0 Å². The summed E-state index contributed by atoms with van der Waals surface area (Å²) in [5, 5.41) is 22.8. The quantitative estimate of drug-likeness (QED) is 0.440. The number of carbonyl (C=O) groups excluding carboxylic acids is 1. The van der Waals surface area contributed by atoms with Crippen molar-refractivity contribution >= 4 is 5.91 Å². The number of nitrogens with zero attached hydrogens (tertiary/aromatic N) is 1. The summed E-state index contributed by atoms with van der Waals surface area (Å²) in [6.45, 7) is 1.74. The first-order chi connectivity index (χ1) is 9.82. The number of allylic oxidation sites excluding steroid dienone is 1. The minimum Gasteiger partial charge on any atom is -0.508 e. The second kappa shape index (κ2) is 5.37. The average molecular weight is 289 g/mol. The van der Waals surface area contributed by atoms with Gasteiger partial charge in [0, 0.05) is 22.3 Å². The Labute approximate surface area is 120 Å². The van der Waals surface area contributed by atoms with Crippen molar-refractivity contribution in [3.63, 3.8) is 0 Å². The molecular formula is C14H15N3O4. The molecule has 1 aliphatic carbocycles. The summed E-state index contributed by atoms with van der Waals surface area (Å²) in [6, 6.07) is 5.68. The topological polar surface area (TPSA) is 118 Å². The van der Waals surface area contributed by atoms with Gasteiger partial charge >= 0.3 is 0 Å². The molecule has 1 aromatic carbocycles. The summed E-state index contributed by atoms with van der Waals surface area (Å²) in [7, 11) is 0. The maximum atomic E-state index is 12.1. The van der Waals surface area contributed by atoms with Crippen LogP contribution in [0.5, 0.6) is 5.75 Å². The zero-order valence-corrected chi connectivity index (χ0v) is 11.4. The summed E-state index contributed by atoms with van der Waals surface area (Å²) in [4.78, 5) is 22.5. The molecule has 21 heavy (non-hydrogen) atoms. The van der Waals surface area contributed by atoms with E-state index in [4.69, 9.17) is 5.73 Å². The smallest absolute Gasteiger partial charge is 0.297 e. The number of aromatic hydroxyl groups is 1. The largest absolute Gasteiger partial charge is 0.508 e. The van der Waals surface area contributed by atoms with Gasteiger partial charge in [-0.05, 0) is 36.8 Å². The molecule has 2 rings (SSSR count). The first-order valence-electron chi connectivity index (χ1n) is 6.25. The fourth-order valence-electron chi connectivity index (χ4n) is 1.92. The minimum atomic E-state index is -1.71. The highest BCUT2D eigenvalue weighted by atomic mass is 16.6. The van der Waals surface area contributed by atoms with Crippen molar-refractivity contribution in [1.29, 1.82) is 0 Å².